The summed E-state index contributed by atoms with van der Waals surface area (Å²) in [6.07, 6.45) is 1.47. The van der Waals surface area contributed by atoms with E-state index in [-0.39, 0.29) is 11.8 Å². The molecule has 0 unspecified atom stereocenters. The van der Waals surface area contributed by atoms with Gasteiger partial charge in [-0.15, -0.1) is 0 Å². The molecule has 106 valence electrons. The molecule has 0 aromatic rings. The molecule has 0 radical (unpaired) electrons. The van der Waals surface area contributed by atoms with Gasteiger partial charge in [-0.1, -0.05) is 0 Å². The van der Waals surface area contributed by atoms with Crippen molar-refractivity contribution in [2.75, 3.05) is 34.5 Å². The lowest BCUT2D eigenvalue weighted by Gasteiger charge is -2.30. The van der Waals surface area contributed by atoms with Crippen LogP contribution in [0.1, 0.15) is 12.8 Å². The third-order valence-corrected chi connectivity index (χ3v) is 4.82. The van der Waals surface area contributed by atoms with E-state index in [2.05, 4.69) is 0 Å². The van der Waals surface area contributed by atoms with Gasteiger partial charge in [0, 0.05) is 21.3 Å². The summed E-state index contributed by atoms with van der Waals surface area (Å²) in [5, 5.41) is 0. The number of hydrogen-bond acceptors (Lipinski definition) is 5. The molecule has 0 spiro atoms. The second kappa shape index (κ2) is 4.01. The smallest absolute Gasteiger partial charge is 0.235 e. The Morgan fingerprint density at radius 2 is 1.53 bits per heavy atom. The average molecular weight is 269 g/mol. The lowest BCUT2D eigenvalue weighted by atomic mass is 9.68. The lowest BCUT2D eigenvalue weighted by Crippen LogP contribution is -2.46. The molecule has 4 atom stereocenters. The second-order valence-electron chi connectivity index (χ2n) is 5.79. The number of ether oxygens (including phenoxy) is 3. The van der Waals surface area contributed by atoms with Crippen LogP contribution in [0.5, 0.6) is 0 Å². The molecule has 19 heavy (non-hydrogen) atoms. The topological polar surface area (TPSA) is 65.1 Å². The molecule has 6 nitrogen and oxygen atoms in total. The Morgan fingerprint density at radius 3 is 1.89 bits per heavy atom. The maximum absolute atomic E-state index is 12.3. The average Bonchev–Trinajstić information content (AvgIpc) is 2.94. The number of likely N-dealkylation sites (tertiary alicyclic amines) is 1. The first-order chi connectivity index (χ1) is 9.01. The van der Waals surface area contributed by atoms with Gasteiger partial charge in [0.05, 0.1) is 25.0 Å². The Hall–Kier alpha value is -0.980. The number of hydrogen-bond donors (Lipinski definition) is 0. The van der Waals surface area contributed by atoms with Crippen LogP contribution in [-0.4, -0.2) is 62.4 Å². The summed E-state index contributed by atoms with van der Waals surface area (Å²) in [4.78, 5) is 25.9. The largest absolute Gasteiger partial charge is 0.382 e. The van der Waals surface area contributed by atoms with Crippen molar-refractivity contribution >= 4 is 11.8 Å². The van der Waals surface area contributed by atoms with E-state index in [0.29, 0.717) is 13.2 Å². The van der Waals surface area contributed by atoms with Crippen LogP contribution >= 0.6 is 0 Å². The van der Waals surface area contributed by atoms with Gasteiger partial charge in [-0.25, -0.2) is 0 Å². The van der Waals surface area contributed by atoms with E-state index in [1.165, 1.54) is 4.90 Å². The van der Waals surface area contributed by atoms with E-state index < -0.39 is 23.0 Å². The van der Waals surface area contributed by atoms with Gasteiger partial charge < -0.3 is 14.2 Å². The van der Waals surface area contributed by atoms with Crippen LogP contribution in [0.4, 0.5) is 0 Å². The summed E-state index contributed by atoms with van der Waals surface area (Å²) in [7, 11) is 4.73. The quantitative estimate of drug-likeness (QED) is 0.662. The number of nitrogens with zero attached hydrogens (tertiary/aromatic N) is 1. The highest BCUT2D eigenvalue weighted by molar-refractivity contribution is 6.06. The first kappa shape index (κ1) is 13.0. The first-order valence-corrected chi connectivity index (χ1v) is 6.51. The minimum Gasteiger partial charge on any atom is -0.382 e. The van der Waals surface area contributed by atoms with E-state index in [0.717, 1.165) is 12.8 Å². The Labute approximate surface area is 112 Å². The van der Waals surface area contributed by atoms with E-state index in [4.69, 9.17) is 14.2 Å². The third kappa shape index (κ3) is 1.42. The van der Waals surface area contributed by atoms with E-state index >= 15 is 0 Å². The minimum atomic E-state index is -0.657. The van der Waals surface area contributed by atoms with Gasteiger partial charge in [-0.2, -0.15) is 0 Å². The van der Waals surface area contributed by atoms with Gasteiger partial charge in [-0.05, 0) is 12.8 Å². The molecule has 3 saturated heterocycles. The van der Waals surface area contributed by atoms with Gasteiger partial charge >= 0.3 is 0 Å². The fourth-order valence-corrected chi connectivity index (χ4v) is 4.11. The van der Waals surface area contributed by atoms with Gasteiger partial charge in [0.2, 0.25) is 11.8 Å². The molecule has 2 amide bonds. The Morgan fingerprint density at radius 1 is 1.11 bits per heavy atom. The zero-order chi connectivity index (χ0) is 13.8. The van der Waals surface area contributed by atoms with Crippen LogP contribution in [-0.2, 0) is 23.8 Å². The van der Waals surface area contributed by atoms with Crippen molar-refractivity contribution in [1.82, 2.24) is 4.90 Å². The molecular weight excluding hydrogens is 250 g/mol. The molecule has 3 fully saturated rings. The highest BCUT2D eigenvalue weighted by Gasteiger charge is 2.75. The lowest BCUT2D eigenvalue weighted by molar-refractivity contribution is -0.154. The zero-order valence-electron chi connectivity index (χ0n) is 11.5. The van der Waals surface area contributed by atoms with E-state index in [1.54, 1.807) is 21.3 Å². The van der Waals surface area contributed by atoms with Gasteiger partial charge in [-0.3, -0.25) is 14.5 Å². The maximum atomic E-state index is 12.3. The van der Waals surface area contributed by atoms with Gasteiger partial charge in [0.1, 0.15) is 11.2 Å². The normalized spacial score (nSPS) is 44.3. The first-order valence-electron chi connectivity index (χ1n) is 6.51. The van der Waals surface area contributed by atoms with Crippen molar-refractivity contribution in [1.29, 1.82) is 0 Å². The molecule has 0 aliphatic carbocycles. The standard InChI is InChI=1S/C13H19NO5/c1-14-10(15)8-9(11(14)16)13(7-18-3)5-4-12(8,19-13)6-17-2/h8-9H,4-7H2,1-3H3/t8-,9+,12-,13+. The Kier molecular flexibility index (Phi) is 2.75. The highest BCUT2D eigenvalue weighted by Crippen LogP contribution is 2.60. The minimum absolute atomic E-state index is 0.148. The summed E-state index contributed by atoms with van der Waals surface area (Å²) < 4.78 is 16.7. The van der Waals surface area contributed by atoms with E-state index in [9.17, 15) is 9.59 Å². The summed E-state index contributed by atoms with van der Waals surface area (Å²) >= 11 is 0. The van der Waals surface area contributed by atoms with Crippen molar-refractivity contribution in [2.24, 2.45) is 11.8 Å². The summed E-state index contributed by atoms with van der Waals surface area (Å²) in [6, 6.07) is 0. The number of carbonyl (C=O) groups is 2. The number of fused-ring (bicyclic) bond motifs is 5. The zero-order valence-corrected chi connectivity index (χ0v) is 11.5. The summed E-state index contributed by atoms with van der Waals surface area (Å²) in [5.41, 5.74) is -1.31. The Bertz CT molecular complexity index is 401. The monoisotopic (exact) mass is 269 g/mol. The fourth-order valence-electron chi connectivity index (χ4n) is 4.11. The fraction of sp³-hybridized carbons (Fsp3) is 0.846. The van der Waals surface area contributed by atoms with Crippen LogP contribution in [0.2, 0.25) is 0 Å². The number of imide groups is 1. The SMILES string of the molecule is COC[C@]12CC[C@](COC)(O1)[C@H]1C(=O)N(C)C(=O)[C@H]12. The molecule has 0 N–H and O–H groups in total. The predicted octanol–water partition coefficient (Wildman–Crippen LogP) is -0.188. The molecular formula is C13H19NO5. The molecule has 6 heteroatoms. The highest BCUT2D eigenvalue weighted by atomic mass is 16.6. The van der Waals surface area contributed by atoms with Crippen molar-refractivity contribution < 1.29 is 23.8 Å². The number of amides is 2. The van der Waals surface area contributed by atoms with Crippen LogP contribution in [0.3, 0.4) is 0 Å². The summed E-state index contributed by atoms with van der Waals surface area (Å²) in [6.45, 7) is 0.680. The number of methoxy groups -OCH3 is 2. The van der Waals surface area contributed by atoms with Crippen LogP contribution in [0.25, 0.3) is 0 Å². The molecule has 0 aromatic carbocycles. The van der Waals surface area contributed by atoms with Crippen molar-refractivity contribution in [3.05, 3.63) is 0 Å². The summed E-state index contributed by atoms with van der Waals surface area (Å²) in [5.74, 6) is -1.14. The van der Waals surface area contributed by atoms with Gasteiger partial charge in [0.25, 0.3) is 0 Å². The van der Waals surface area contributed by atoms with Crippen LogP contribution in [0.15, 0.2) is 0 Å². The van der Waals surface area contributed by atoms with Crippen LogP contribution in [0, 0.1) is 11.8 Å². The molecule has 3 heterocycles. The van der Waals surface area contributed by atoms with E-state index in [1.807, 2.05) is 0 Å². The molecule has 0 aromatic heterocycles. The maximum Gasteiger partial charge on any atom is 0.235 e. The second-order valence-corrected chi connectivity index (χ2v) is 5.79. The third-order valence-electron chi connectivity index (χ3n) is 4.82. The van der Waals surface area contributed by atoms with Crippen LogP contribution < -0.4 is 0 Å². The molecule has 2 bridgehead atoms. The van der Waals surface area contributed by atoms with Gasteiger partial charge in [0.15, 0.2) is 0 Å². The number of rotatable bonds is 4. The predicted molar refractivity (Wildman–Crippen MR) is 64.3 cm³/mol. The Balaban J connectivity index is 2.05. The van der Waals surface area contributed by atoms with Crippen molar-refractivity contribution in [3.8, 4) is 0 Å². The molecule has 0 saturated carbocycles. The van der Waals surface area contributed by atoms with Crippen molar-refractivity contribution in [3.63, 3.8) is 0 Å². The van der Waals surface area contributed by atoms with Crippen molar-refractivity contribution in [2.45, 2.75) is 24.0 Å². The molecule has 3 aliphatic rings. The number of carbonyl (C=O) groups excluding carboxylic acids is 2. The molecule has 3 aliphatic heterocycles. The molecule has 3 rings (SSSR count).